The Morgan fingerprint density at radius 1 is 1.24 bits per heavy atom. The minimum Gasteiger partial charge on any atom is -0.387 e. The lowest BCUT2D eigenvalue weighted by Crippen LogP contribution is -2.60. The second-order valence-electron chi connectivity index (χ2n) is 5.15. The van der Waals surface area contributed by atoms with Crippen LogP contribution >= 0.6 is 11.8 Å². The van der Waals surface area contributed by atoms with Crippen molar-refractivity contribution < 1.29 is 24.1 Å². The van der Waals surface area contributed by atoms with Crippen LogP contribution in [0.15, 0.2) is 30.3 Å². The molecule has 5 nitrogen and oxygen atoms in total. The smallest absolute Gasteiger partial charge is 0.184 e. The number of thioether (sulfide) groups is 1. The summed E-state index contributed by atoms with van der Waals surface area (Å²) in [5.41, 5.74) is 0.971. The van der Waals surface area contributed by atoms with E-state index in [0.29, 0.717) is 6.61 Å². The van der Waals surface area contributed by atoms with Crippen molar-refractivity contribution in [3.8, 4) is 0 Å². The highest BCUT2D eigenvalue weighted by Crippen LogP contribution is 2.37. The fraction of sp³-hybridized carbons (Fsp3) is 0.600. The monoisotopic (exact) mass is 312 g/mol. The number of benzene rings is 1. The SMILES string of the molecule is CO[C@@H]1O[C@@H]2CO[C@@H](c3ccccc3)O[C@H]2[C@@H](SC)[C@H]1O. The fourth-order valence-corrected chi connectivity index (χ4v) is 3.72. The fourth-order valence-electron chi connectivity index (χ4n) is 2.81. The van der Waals surface area contributed by atoms with Crippen molar-refractivity contribution in [2.24, 2.45) is 0 Å². The molecule has 21 heavy (non-hydrogen) atoms. The molecule has 0 aromatic heterocycles. The Morgan fingerprint density at radius 2 is 2.00 bits per heavy atom. The molecule has 116 valence electrons. The molecule has 6 atom stereocenters. The lowest BCUT2D eigenvalue weighted by Gasteiger charge is -2.47. The number of aliphatic hydroxyl groups excluding tert-OH is 1. The van der Waals surface area contributed by atoms with E-state index in [4.69, 9.17) is 18.9 Å². The van der Waals surface area contributed by atoms with Crippen LogP contribution in [0.4, 0.5) is 0 Å². The van der Waals surface area contributed by atoms with Crippen molar-refractivity contribution in [3.05, 3.63) is 35.9 Å². The molecule has 0 radical (unpaired) electrons. The third-order valence-corrected chi connectivity index (χ3v) is 4.97. The van der Waals surface area contributed by atoms with Gasteiger partial charge in [-0.05, 0) is 6.26 Å². The van der Waals surface area contributed by atoms with E-state index in [2.05, 4.69) is 0 Å². The third-order valence-electron chi connectivity index (χ3n) is 3.88. The van der Waals surface area contributed by atoms with Crippen LogP contribution in [-0.2, 0) is 18.9 Å². The predicted molar refractivity (Wildman–Crippen MR) is 79.0 cm³/mol. The molecule has 0 amide bonds. The molecule has 2 heterocycles. The molecule has 1 N–H and O–H groups in total. The number of methoxy groups -OCH3 is 1. The van der Waals surface area contributed by atoms with E-state index in [9.17, 15) is 5.11 Å². The maximum Gasteiger partial charge on any atom is 0.184 e. The second-order valence-corrected chi connectivity index (χ2v) is 6.16. The Labute approximate surface area is 128 Å². The van der Waals surface area contributed by atoms with Gasteiger partial charge in [-0.15, -0.1) is 0 Å². The zero-order chi connectivity index (χ0) is 14.8. The maximum absolute atomic E-state index is 10.3. The number of ether oxygens (including phenoxy) is 4. The molecule has 2 aliphatic rings. The van der Waals surface area contributed by atoms with Crippen molar-refractivity contribution in [1.82, 2.24) is 0 Å². The first-order valence-electron chi connectivity index (χ1n) is 6.95. The van der Waals surface area contributed by atoms with Crippen molar-refractivity contribution in [2.45, 2.75) is 36.1 Å². The van der Waals surface area contributed by atoms with Gasteiger partial charge in [0.1, 0.15) is 18.3 Å². The summed E-state index contributed by atoms with van der Waals surface area (Å²) in [6, 6.07) is 9.80. The van der Waals surface area contributed by atoms with E-state index in [1.807, 2.05) is 36.6 Å². The van der Waals surface area contributed by atoms with Crippen LogP contribution in [0.25, 0.3) is 0 Å². The quantitative estimate of drug-likeness (QED) is 0.914. The van der Waals surface area contributed by atoms with Gasteiger partial charge in [0, 0.05) is 12.7 Å². The van der Waals surface area contributed by atoms with Gasteiger partial charge in [-0.3, -0.25) is 0 Å². The van der Waals surface area contributed by atoms with Crippen molar-refractivity contribution >= 4 is 11.8 Å². The first-order chi connectivity index (χ1) is 10.2. The van der Waals surface area contributed by atoms with E-state index in [-0.39, 0.29) is 17.5 Å². The van der Waals surface area contributed by atoms with E-state index in [0.717, 1.165) is 5.56 Å². The van der Waals surface area contributed by atoms with Crippen molar-refractivity contribution in [1.29, 1.82) is 0 Å². The molecule has 0 spiro atoms. The molecule has 1 aromatic rings. The highest BCUT2D eigenvalue weighted by atomic mass is 32.2. The number of aliphatic hydroxyl groups is 1. The zero-order valence-electron chi connectivity index (χ0n) is 12.0. The number of hydrogen-bond donors (Lipinski definition) is 1. The van der Waals surface area contributed by atoms with Crippen LogP contribution in [0.3, 0.4) is 0 Å². The van der Waals surface area contributed by atoms with Crippen LogP contribution in [0.5, 0.6) is 0 Å². The van der Waals surface area contributed by atoms with Crippen LogP contribution < -0.4 is 0 Å². The highest BCUT2D eigenvalue weighted by molar-refractivity contribution is 7.99. The van der Waals surface area contributed by atoms with Gasteiger partial charge in [-0.25, -0.2) is 0 Å². The molecule has 6 heteroatoms. The molecule has 0 bridgehead atoms. The van der Waals surface area contributed by atoms with Gasteiger partial charge in [0.15, 0.2) is 12.6 Å². The molecule has 1 aromatic carbocycles. The minimum atomic E-state index is -0.722. The lowest BCUT2D eigenvalue weighted by atomic mass is 10.0. The second kappa shape index (κ2) is 6.64. The van der Waals surface area contributed by atoms with E-state index >= 15 is 0 Å². The molecular formula is C15H20O5S. The topological polar surface area (TPSA) is 57.2 Å². The Kier molecular flexibility index (Phi) is 4.83. The van der Waals surface area contributed by atoms with Crippen LogP contribution in [0, 0.1) is 0 Å². The van der Waals surface area contributed by atoms with Crippen molar-refractivity contribution in [2.75, 3.05) is 20.0 Å². The predicted octanol–water partition coefficient (Wildman–Crippen LogP) is 1.56. The summed E-state index contributed by atoms with van der Waals surface area (Å²) >= 11 is 1.57. The molecule has 2 aliphatic heterocycles. The molecule has 0 aliphatic carbocycles. The number of fused-ring (bicyclic) bond motifs is 1. The summed E-state index contributed by atoms with van der Waals surface area (Å²) in [5, 5.41) is 10.2. The Hall–Kier alpha value is -0.630. The lowest BCUT2D eigenvalue weighted by molar-refractivity contribution is -0.330. The van der Waals surface area contributed by atoms with Crippen LogP contribution in [0.2, 0.25) is 0 Å². The standard InChI is InChI=1S/C15H20O5S/c1-17-15-11(16)13(21-2)12-10(19-15)8-18-14(20-12)9-6-4-3-5-7-9/h3-7,10-16H,8H2,1-2H3/t10-,11-,12-,13+,14-,15-/m1/s1. The molecule has 2 saturated heterocycles. The van der Waals surface area contributed by atoms with E-state index in [1.54, 1.807) is 11.8 Å². The number of rotatable bonds is 3. The number of hydrogen-bond acceptors (Lipinski definition) is 6. The third kappa shape index (κ3) is 2.97. The van der Waals surface area contributed by atoms with Gasteiger partial charge < -0.3 is 24.1 Å². The van der Waals surface area contributed by atoms with Gasteiger partial charge in [0.05, 0.1) is 11.9 Å². The Bertz CT molecular complexity index is 457. The van der Waals surface area contributed by atoms with Crippen LogP contribution in [0.1, 0.15) is 11.9 Å². The van der Waals surface area contributed by atoms with Gasteiger partial charge in [-0.1, -0.05) is 30.3 Å². The van der Waals surface area contributed by atoms with E-state index < -0.39 is 18.7 Å². The average Bonchev–Trinajstić information content (AvgIpc) is 2.54. The summed E-state index contributed by atoms with van der Waals surface area (Å²) in [7, 11) is 1.53. The Balaban J connectivity index is 1.77. The molecule has 0 unspecified atom stereocenters. The molecule has 0 saturated carbocycles. The van der Waals surface area contributed by atoms with Gasteiger partial charge in [-0.2, -0.15) is 11.8 Å². The van der Waals surface area contributed by atoms with Crippen LogP contribution in [-0.4, -0.2) is 54.9 Å². The summed E-state index contributed by atoms with van der Waals surface area (Å²) in [5.74, 6) is 0. The summed E-state index contributed by atoms with van der Waals surface area (Å²) < 4.78 is 22.8. The average molecular weight is 312 g/mol. The van der Waals surface area contributed by atoms with E-state index in [1.165, 1.54) is 7.11 Å². The summed E-state index contributed by atoms with van der Waals surface area (Å²) in [4.78, 5) is 0. The molecule has 3 rings (SSSR count). The highest BCUT2D eigenvalue weighted by Gasteiger charge is 2.49. The normalized spacial score (nSPS) is 39.8. The van der Waals surface area contributed by atoms with Gasteiger partial charge in [0.2, 0.25) is 0 Å². The summed E-state index contributed by atoms with van der Waals surface area (Å²) in [6.45, 7) is 0.424. The molecular weight excluding hydrogens is 292 g/mol. The largest absolute Gasteiger partial charge is 0.387 e. The van der Waals surface area contributed by atoms with Gasteiger partial charge >= 0.3 is 0 Å². The minimum absolute atomic E-state index is 0.108. The zero-order valence-corrected chi connectivity index (χ0v) is 12.9. The van der Waals surface area contributed by atoms with Gasteiger partial charge in [0.25, 0.3) is 0 Å². The van der Waals surface area contributed by atoms with Crippen molar-refractivity contribution in [3.63, 3.8) is 0 Å². The first-order valence-corrected chi connectivity index (χ1v) is 8.24. The maximum atomic E-state index is 10.3. The Morgan fingerprint density at radius 3 is 2.67 bits per heavy atom. The first kappa shape index (κ1) is 15.3. The summed E-state index contributed by atoms with van der Waals surface area (Å²) in [6.07, 6.45) is -0.266. The molecule has 2 fully saturated rings.